The third-order valence-corrected chi connectivity index (χ3v) is 5.39. The molecule has 0 bridgehead atoms. The second-order valence-corrected chi connectivity index (χ2v) is 7.33. The number of aryl methyl sites for hydroxylation is 1. The molecule has 0 aliphatic carbocycles. The maximum absolute atomic E-state index is 12.9. The van der Waals surface area contributed by atoms with Crippen LogP contribution in [0, 0.1) is 11.7 Å². The molecule has 1 atom stereocenters. The Bertz CT molecular complexity index is 870. The molecule has 2 N–H and O–H groups in total. The number of halogens is 1. The van der Waals surface area contributed by atoms with E-state index in [9.17, 15) is 18.8 Å². The summed E-state index contributed by atoms with van der Waals surface area (Å²) in [5.74, 6) is -1.62. The number of nitrogens with zero attached hydrogens (tertiary/aromatic N) is 3. The van der Waals surface area contributed by atoms with Crippen LogP contribution >= 0.6 is 11.3 Å². The highest BCUT2D eigenvalue weighted by Gasteiger charge is 2.36. The van der Waals surface area contributed by atoms with Crippen molar-refractivity contribution in [2.24, 2.45) is 5.92 Å². The standard InChI is InChI=1S/C18H20FN5O3S/c1-2-14-22-23-18(28-14)24-10-12(9-15(24)25)17(27)21-8-7-20-16(26)11-3-5-13(19)6-4-11/h3-6,12H,2,7-10H2,1H3,(H,20,26)(H,21,27). The van der Waals surface area contributed by atoms with E-state index in [1.807, 2.05) is 6.92 Å². The molecular formula is C18H20FN5O3S. The average molecular weight is 405 g/mol. The van der Waals surface area contributed by atoms with Crippen LogP contribution in [0.15, 0.2) is 24.3 Å². The van der Waals surface area contributed by atoms with Crippen LogP contribution in [0.2, 0.25) is 0 Å². The molecule has 0 radical (unpaired) electrons. The highest BCUT2D eigenvalue weighted by Crippen LogP contribution is 2.28. The Labute approximate surface area is 165 Å². The minimum atomic E-state index is -0.464. The van der Waals surface area contributed by atoms with Crippen LogP contribution < -0.4 is 15.5 Å². The van der Waals surface area contributed by atoms with Crippen molar-refractivity contribution in [3.63, 3.8) is 0 Å². The number of aromatic nitrogens is 2. The van der Waals surface area contributed by atoms with Gasteiger partial charge in [-0.05, 0) is 30.7 Å². The normalized spacial score (nSPS) is 16.3. The number of carbonyl (C=O) groups is 3. The summed E-state index contributed by atoms with van der Waals surface area (Å²) in [6.45, 7) is 2.68. The fraction of sp³-hybridized carbons (Fsp3) is 0.389. The number of hydrogen-bond donors (Lipinski definition) is 2. The van der Waals surface area contributed by atoms with Gasteiger partial charge in [0, 0.05) is 31.6 Å². The number of nitrogens with one attached hydrogen (secondary N) is 2. The van der Waals surface area contributed by atoms with E-state index < -0.39 is 11.7 Å². The van der Waals surface area contributed by atoms with Crippen molar-refractivity contribution in [2.45, 2.75) is 19.8 Å². The second kappa shape index (κ2) is 8.87. The minimum absolute atomic E-state index is 0.120. The number of anilines is 1. The summed E-state index contributed by atoms with van der Waals surface area (Å²) in [6.07, 6.45) is 0.863. The minimum Gasteiger partial charge on any atom is -0.354 e. The molecule has 1 aromatic carbocycles. The Morgan fingerprint density at radius 1 is 1.21 bits per heavy atom. The zero-order valence-electron chi connectivity index (χ0n) is 15.3. The molecule has 1 aromatic heterocycles. The largest absolute Gasteiger partial charge is 0.354 e. The van der Waals surface area contributed by atoms with E-state index >= 15 is 0 Å². The van der Waals surface area contributed by atoms with Crippen molar-refractivity contribution in [2.75, 3.05) is 24.5 Å². The smallest absolute Gasteiger partial charge is 0.251 e. The zero-order chi connectivity index (χ0) is 20.1. The number of rotatable bonds is 7. The fourth-order valence-electron chi connectivity index (χ4n) is 2.77. The first kappa shape index (κ1) is 19.9. The molecule has 3 rings (SSSR count). The zero-order valence-corrected chi connectivity index (χ0v) is 16.1. The van der Waals surface area contributed by atoms with Gasteiger partial charge in [0.15, 0.2) is 0 Å². The van der Waals surface area contributed by atoms with Gasteiger partial charge in [0.25, 0.3) is 5.91 Å². The van der Waals surface area contributed by atoms with Crippen LogP contribution in [-0.4, -0.2) is 47.6 Å². The summed E-state index contributed by atoms with van der Waals surface area (Å²) in [4.78, 5) is 37.9. The molecule has 10 heteroatoms. The SMILES string of the molecule is CCc1nnc(N2CC(C(=O)NCCNC(=O)c3ccc(F)cc3)CC2=O)s1. The maximum Gasteiger partial charge on any atom is 0.251 e. The molecule has 1 aliphatic rings. The second-order valence-electron chi connectivity index (χ2n) is 6.29. The third-order valence-electron chi connectivity index (χ3n) is 4.30. The lowest BCUT2D eigenvalue weighted by atomic mass is 10.1. The summed E-state index contributed by atoms with van der Waals surface area (Å²) in [5.41, 5.74) is 0.341. The number of hydrogen-bond acceptors (Lipinski definition) is 6. The topological polar surface area (TPSA) is 104 Å². The highest BCUT2D eigenvalue weighted by atomic mass is 32.1. The van der Waals surface area contributed by atoms with Crippen molar-refractivity contribution in [3.05, 3.63) is 40.7 Å². The van der Waals surface area contributed by atoms with Gasteiger partial charge in [-0.25, -0.2) is 4.39 Å². The van der Waals surface area contributed by atoms with Crippen molar-refractivity contribution in [1.29, 1.82) is 0 Å². The molecule has 8 nitrogen and oxygen atoms in total. The van der Waals surface area contributed by atoms with Gasteiger partial charge in [0.05, 0.1) is 5.92 Å². The number of carbonyl (C=O) groups excluding carboxylic acids is 3. The first-order chi connectivity index (χ1) is 13.5. The van der Waals surface area contributed by atoms with Gasteiger partial charge < -0.3 is 10.6 Å². The highest BCUT2D eigenvalue weighted by molar-refractivity contribution is 7.15. The molecule has 0 spiro atoms. The van der Waals surface area contributed by atoms with Crippen molar-refractivity contribution < 1.29 is 18.8 Å². The maximum atomic E-state index is 12.9. The van der Waals surface area contributed by atoms with Crippen molar-refractivity contribution in [3.8, 4) is 0 Å². The first-order valence-corrected chi connectivity index (χ1v) is 9.73. The molecule has 2 heterocycles. The Kier molecular flexibility index (Phi) is 6.30. The molecular weight excluding hydrogens is 385 g/mol. The van der Waals surface area contributed by atoms with Crippen LogP contribution in [0.3, 0.4) is 0 Å². The van der Waals surface area contributed by atoms with E-state index in [2.05, 4.69) is 20.8 Å². The van der Waals surface area contributed by atoms with Gasteiger partial charge in [0.2, 0.25) is 16.9 Å². The van der Waals surface area contributed by atoms with Gasteiger partial charge in [-0.3, -0.25) is 19.3 Å². The van der Waals surface area contributed by atoms with Crippen LogP contribution in [0.4, 0.5) is 9.52 Å². The molecule has 1 aliphatic heterocycles. The summed E-state index contributed by atoms with van der Waals surface area (Å²) in [6, 6.07) is 5.20. The fourth-order valence-corrected chi connectivity index (χ4v) is 3.58. The molecule has 0 saturated carbocycles. The van der Waals surface area contributed by atoms with Crippen LogP contribution in [0.1, 0.15) is 28.7 Å². The van der Waals surface area contributed by atoms with Gasteiger partial charge >= 0.3 is 0 Å². The molecule has 1 saturated heterocycles. The van der Waals surface area contributed by atoms with Crippen LogP contribution in [0.25, 0.3) is 0 Å². The lowest BCUT2D eigenvalue weighted by Gasteiger charge is -2.13. The molecule has 1 fully saturated rings. The van der Waals surface area contributed by atoms with Crippen LogP contribution in [-0.2, 0) is 16.0 Å². The molecule has 1 unspecified atom stereocenters. The summed E-state index contributed by atoms with van der Waals surface area (Å²) < 4.78 is 12.9. The Morgan fingerprint density at radius 3 is 2.61 bits per heavy atom. The molecule has 148 valence electrons. The number of amides is 3. The molecule has 2 aromatic rings. The summed E-state index contributed by atoms with van der Waals surface area (Å²) >= 11 is 1.35. The molecule has 3 amide bonds. The van der Waals surface area contributed by atoms with E-state index in [1.54, 1.807) is 0 Å². The van der Waals surface area contributed by atoms with E-state index in [0.29, 0.717) is 10.7 Å². The lowest BCUT2D eigenvalue weighted by Crippen LogP contribution is -2.38. The monoisotopic (exact) mass is 405 g/mol. The summed E-state index contributed by atoms with van der Waals surface area (Å²) in [5, 5.41) is 14.7. The van der Waals surface area contributed by atoms with Crippen molar-refractivity contribution >= 4 is 34.2 Å². The van der Waals surface area contributed by atoms with E-state index in [0.717, 1.165) is 11.4 Å². The van der Waals surface area contributed by atoms with E-state index in [1.165, 1.54) is 40.5 Å². The van der Waals surface area contributed by atoms with Gasteiger partial charge in [0.1, 0.15) is 10.8 Å². The Morgan fingerprint density at radius 2 is 1.93 bits per heavy atom. The van der Waals surface area contributed by atoms with Crippen molar-refractivity contribution in [1.82, 2.24) is 20.8 Å². The Balaban J connectivity index is 1.43. The van der Waals surface area contributed by atoms with Gasteiger partial charge in [-0.2, -0.15) is 0 Å². The first-order valence-electron chi connectivity index (χ1n) is 8.92. The Hall–Kier alpha value is -2.88. The number of benzene rings is 1. The summed E-state index contributed by atoms with van der Waals surface area (Å²) in [7, 11) is 0. The lowest BCUT2D eigenvalue weighted by molar-refractivity contribution is -0.126. The van der Waals surface area contributed by atoms with Crippen LogP contribution in [0.5, 0.6) is 0 Å². The average Bonchev–Trinajstić information content (AvgIpc) is 3.31. The predicted molar refractivity (Wildman–Crippen MR) is 101 cm³/mol. The predicted octanol–water partition coefficient (Wildman–Crippen LogP) is 1.14. The van der Waals surface area contributed by atoms with E-state index in [-0.39, 0.29) is 43.8 Å². The van der Waals surface area contributed by atoms with E-state index in [4.69, 9.17) is 0 Å². The van der Waals surface area contributed by atoms with Gasteiger partial charge in [-0.1, -0.05) is 18.3 Å². The molecule has 28 heavy (non-hydrogen) atoms. The third kappa shape index (κ3) is 4.69. The van der Waals surface area contributed by atoms with Gasteiger partial charge in [-0.15, -0.1) is 10.2 Å². The quantitative estimate of drug-likeness (QED) is 0.672.